The molecule has 2 N–H and O–H groups in total. The van der Waals surface area contributed by atoms with E-state index in [1.54, 1.807) is 25.1 Å². The third kappa shape index (κ3) is 9.20. The Morgan fingerprint density at radius 2 is 1.58 bits per heavy atom. The van der Waals surface area contributed by atoms with Gasteiger partial charge in [-0.25, -0.2) is 0 Å². The number of nitrogens with zero attached hydrogens (tertiary/aromatic N) is 3. The van der Waals surface area contributed by atoms with Gasteiger partial charge in [-0.05, 0) is 49.2 Å². The number of unbranched alkanes of at least 4 members (excludes halogenated alkanes) is 9. The molecule has 0 aliphatic rings. The van der Waals surface area contributed by atoms with E-state index in [0.29, 0.717) is 44.8 Å². The van der Waals surface area contributed by atoms with Crippen LogP contribution in [0.2, 0.25) is 10.0 Å². The Balaban J connectivity index is 1.33. The minimum atomic E-state index is -0.562. The van der Waals surface area contributed by atoms with Gasteiger partial charge in [0.15, 0.2) is 17.3 Å². The fourth-order valence-electron chi connectivity index (χ4n) is 5.51. The van der Waals surface area contributed by atoms with Crippen molar-refractivity contribution >= 4 is 46.2 Å². The lowest BCUT2D eigenvalue weighted by atomic mass is 9.92. The van der Waals surface area contributed by atoms with E-state index >= 15 is 0 Å². The van der Waals surface area contributed by atoms with Crippen LogP contribution in [0.4, 0.5) is 5.69 Å². The van der Waals surface area contributed by atoms with Crippen molar-refractivity contribution in [3.63, 3.8) is 0 Å². The number of hydrogen-bond donors (Lipinski definition) is 2. The van der Waals surface area contributed by atoms with Gasteiger partial charge in [0.1, 0.15) is 5.02 Å². The highest BCUT2D eigenvalue weighted by Crippen LogP contribution is 2.32. The standard InChI is InChI=1S/C36H47Cl2N5O2/c1-6-7-8-9-10-11-12-13-14-15-19-30(44)25-20-21-29(37)28(23-25)24(2)35(45)39-27-18-16-17-26(22-27)33-40-34-31(38)32(36(3,4)5)41-43(34)42-33/h16-18,20-24H,6-15,19H2,1-5H3,(H,39,45)(H,40,42). The first-order valence-electron chi connectivity index (χ1n) is 16.4. The second-order valence-corrected chi connectivity index (χ2v) is 13.9. The van der Waals surface area contributed by atoms with E-state index in [2.05, 4.69) is 48.2 Å². The molecule has 7 nitrogen and oxygen atoms in total. The van der Waals surface area contributed by atoms with Crippen LogP contribution in [0.1, 0.15) is 133 Å². The van der Waals surface area contributed by atoms with Gasteiger partial charge in [0.25, 0.3) is 0 Å². The summed E-state index contributed by atoms with van der Waals surface area (Å²) in [7, 11) is 0. The number of H-pyrrole nitrogens is 1. The van der Waals surface area contributed by atoms with E-state index < -0.39 is 5.92 Å². The maximum absolute atomic E-state index is 13.3. The maximum Gasteiger partial charge on any atom is 0.231 e. The van der Waals surface area contributed by atoms with Gasteiger partial charge < -0.3 is 10.3 Å². The van der Waals surface area contributed by atoms with Gasteiger partial charge in [-0.1, -0.05) is 121 Å². The Bertz CT molecular complexity index is 1600. The summed E-state index contributed by atoms with van der Waals surface area (Å²) in [6.45, 7) is 10.2. The van der Waals surface area contributed by atoms with Crippen molar-refractivity contribution in [1.82, 2.24) is 19.8 Å². The molecule has 0 fully saturated rings. The third-order valence-electron chi connectivity index (χ3n) is 8.29. The summed E-state index contributed by atoms with van der Waals surface area (Å²) in [5.74, 6) is -0.110. The van der Waals surface area contributed by atoms with Crippen LogP contribution in [0.5, 0.6) is 0 Å². The Morgan fingerprint density at radius 1 is 0.911 bits per heavy atom. The molecule has 0 saturated carbocycles. The highest BCUT2D eigenvalue weighted by atomic mass is 35.5. The quantitative estimate of drug-likeness (QED) is 0.0931. The van der Waals surface area contributed by atoms with E-state index in [-0.39, 0.29) is 17.1 Å². The zero-order chi connectivity index (χ0) is 32.6. The third-order valence-corrected chi connectivity index (χ3v) is 8.99. The number of aromatic amines is 1. The molecule has 242 valence electrons. The molecule has 0 spiro atoms. The van der Waals surface area contributed by atoms with Crippen molar-refractivity contribution in [2.24, 2.45) is 0 Å². The number of nitrogens with one attached hydrogen (secondary N) is 2. The van der Waals surface area contributed by atoms with Crippen LogP contribution >= 0.6 is 23.2 Å². The summed E-state index contributed by atoms with van der Waals surface area (Å²) in [6.07, 6.45) is 12.8. The van der Waals surface area contributed by atoms with Crippen LogP contribution in [0, 0.1) is 0 Å². The van der Waals surface area contributed by atoms with Crippen LogP contribution in [-0.4, -0.2) is 31.5 Å². The second kappa shape index (κ2) is 15.9. The molecule has 2 heterocycles. The van der Waals surface area contributed by atoms with Gasteiger partial charge >= 0.3 is 0 Å². The summed E-state index contributed by atoms with van der Waals surface area (Å²) < 4.78 is 1.51. The molecule has 0 bridgehead atoms. The first-order chi connectivity index (χ1) is 21.5. The van der Waals surface area contributed by atoms with Crippen LogP contribution in [0.25, 0.3) is 17.0 Å². The maximum atomic E-state index is 13.3. The second-order valence-electron chi connectivity index (χ2n) is 13.1. The predicted octanol–water partition coefficient (Wildman–Crippen LogP) is 10.6. The van der Waals surface area contributed by atoms with Crippen LogP contribution in [0.3, 0.4) is 0 Å². The van der Waals surface area contributed by atoms with E-state index in [0.717, 1.165) is 24.1 Å². The molecule has 0 aliphatic heterocycles. The number of carbonyl (C=O) groups excluding carboxylic acids is 2. The van der Waals surface area contributed by atoms with Crippen molar-refractivity contribution in [2.45, 2.75) is 117 Å². The Morgan fingerprint density at radius 3 is 2.22 bits per heavy atom. The first kappa shape index (κ1) is 34.7. The number of Topliss-reactive ketones (excluding diaryl/α,β-unsaturated/α-hetero) is 1. The molecule has 2 aromatic carbocycles. The van der Waals surface area contributed by atoms with Crippen LogP contribution in [0.15, 0.2) is 42.5 Å². The SMILES string of the molecule is CCCCCCCCCCCCC(=O)c1ccc(Cl)c(C(C)C(=O)Nc2cccc(-c3nn4nc(C(C)(C)C)c(Cl)c4[nH]3)c2)c1. The zero-order valence-corrected chi connectivity index (χ0v) is 28.8. The van der Waals surface area contributed by atoms with Crippen molar-refractivity contribution in [3.05, 3.63) is 69.3 Å². The zero-order valence-electron chi connectivity index (χ0n) is 27.3. The van der Waals surface area contributed by atoms with Gasteiger partial charge in [0.2, 0.25) is 5.91 Å². The molecule has 45 heavy (non-hydrogen) atoms. The summed E-state index contributed by atoms with van der Waals surface area (Å²) in [5.41, 5.74) is 3.80. The lowest BCUT2D eigenvalue weighted by Crippen LogP contribution is -2.19. The topological polar surface area (TPSA) is 92.2 Å². The first-order valence-corrected chi connectivity index (χ1v) is 17.1. The lowest BCUT2D eigenvalue weighted by molar-refractivity contribution is -0.117. The molecule has 1 atom stereocenters. The number of fused-ring (bicyclic) bond motifs is 1. The Hall–Kier alpha value is -3.16. The fraction of sp³-hybridized carbons (Fsp3) is 0.500. The monoisotopic (exact) mass is 651 g/mol. The Labute approximate surface area is 277 Å². The molecular weight excluding hydrogens is 605 g/mol. The average Bonchev–Trinajstić information content (AvgIpc) is 3.57. The molecule has 4 rings (SSSR count). The number of carbonyl (C=O) groups is 2. The molecule has 0 saturated heterocycles. The normalized spacial score (nSPS) is 12.5. The fourth-order valence-corrected chi connectivity index (χ4v) is 6.23. The number of hydrogen-bond acceptors (Lipinski definition) is 4. The number of anilines is 1. The van der Waals surface area contributed by atoms with E-state index in [4.69, 9.17) is 23.2 Å². The highest BCUT2D eigenvalue weighted by Gasteiger charge is 2.25. The molecule has 0 aliphatic carbocycles. The summed E-state index contributed by atoms with van der Waals surface area (Å²) in [6, 6.07) is 12.7. The molecular formula is C36H47Cl2N5O2. The highest BCUT2D eigenvalue weighted by molar-refractivity contribution is 6.34. The van der Waals surface area contributed by atoms with Gasteiger partial charge in [-0.3, -0.25) is 9.59 Å². The molecule has 9 heteroatoms. The van der Waals surface area contributed by atoms with E-state index in [9.17, 15) is 9.59 Å². The minimum Gasteiger partial charge on any atom is -0.326 e. The number of amides is 1. The van der Waals surface area contributed by atoms with Gasteiger partial charge in [-0.2, -0.15) is 5.10 Å². The summed E-state index contributed by atoms with van der Waals surface area (Å²) in [5, 5.41) is 13.1. The number of rotatable bonds is 16. The van der Waals surface area contributed by atoms with Gasteiger partial charge in [0, 0.05) is 33.7 Å². The van der Waals surface area contributed by atoms with E-state index in [1.807, 2.05) is 24.3 Å². The lowest BCUT2D eigenvalue weighted by Gasteiger charge is -2.16. The number of ketones is 1. The molecule has 4 aromatic rings. The van der Waals surface area contributed by atoms with Crippen molar-refractivity contribution in [1.29, 1.82) is 0 Å². The molecule has 0 radical (unpaired) electrons. The largest absolute Gasteiger partial charge is 0.326 e. The van der Waals surface area contributed by atoms with Crippen molar-refractivity contribution < 1.29 is 9.59 Å². The molecule has 1 unspecified atom stereocenters. The smallest absolute Gasteiger partial charge is 0.231 e. The van der Waals surface area contributed by atoms with Gasteiger partial charge in [0.05, 0.1) is 11.6 Å². The molecule has 2 aromatic heterocycles. The van der Waals surface area contributed by atoms with Crippen LogP contribution in [-0.2, 0) is 10.2 Å². The van der Waals surface area contributed by atoms with Crippen molar-refractivity contribution in [2.75, 3.05) is 5.32 Å². The predicted molar refractivity (Wildman–Crippen MR) is 186 cm³/mol. The number of benzene rings is 2. The molecule has 1 amide bonds. The summed E-state index contributed by atoms with van der Waals surface area (Å²) in [4.78, 5) is 29.6. The van der Waals surface area contributed by atoms with Crippen LogP contribution < -0.4 is 5.32 Å². The number of aromatic nitrogens is 4. The Kier molecular flexibility index (Phi) is 12.3. The average molecular weight is 653 g/mol. The van der Waals surface area contributed by atoms with Gasteiger partial charge in [-0.15, -0.1) is 9.73 Å². The minimum absolute atomic E-state index is 0.0901. The van der Waals surface area contributed by atoms with E-state index in [1.165, 1.54) is 56.0 Å². The summed E-state index contributed by atoms with van der Waals surface area (Å²) >= 11 is 13.1. The number of halogens is 2. The van der Waals surface area contributed by atoms with Crippen molar-refractivity contribution in [3.8, 4) is 11.4 Å².